The molecule has 400 valence electrons. The lowest BCUT2D eigenvalue weighted by molar-refractivity contribution is -0.870. The van der Waals surface area contributed by atoms with Crippen molar-refractivity contribution in [2.75, 3.05) is 47.5 Å². The molecule has 0 saturated carbocycles. The Balaban J connectivity index is 3.98. The van der Waals surface area contributed by atoms with Gasteiger partial charge in [-0.25, -0.2) is 0 Å². The van der Waals surface area contributed by atoms with E-state index in [2.05, 4.69) is 13.8 Å². The molecule has 0 aromatic carbocycles. The highest BCUT2D eigenvalue weighted by atomic mass is 31.2. The molecule has 0 fully saturated rings. The molecule has 0 rings (SSSR count). The van der Waals surface area contributed by atoms with Crippen LogP contribution in [0.25, 0.3) is 0 Å². The van der Waals surface area contributed by atoms with Crippen molar-refractivity contribution in [3.8, 4) is 0 Å². The zero-order valence-corrected chi connectivity index (χ0v) is 46.3. The van der Waals surface area contributed by atoms with E-state index < -0.39 is 26.5 Å². The Morgan fingerprint density at radius 1 is 0.403 bits per heavy atom. The van der Waals surface area contributed by atoms with Gasteiger partial charge < -0.3 is 27.9 Å². The van der Waals surface area contributed by atoms with Gasteiger partial charge in [-0.2, -0.15) is 0 Å². The smallest absolute Gasteiger partial charge is 0.306 e. The minimum atomic E-state index is -4.62. The first-order valence-corrected chi connectivity index (χ1v) is 30.7. The Hall–Kier alpha value is -0.990. The molecule has 0 saturated heterocycles. The standard InChI is InChI=1S/C57H114NO8P/c1-6-8-10-12-14-16-18-20-21-22-23-24-25-26-27-28-29-30-31-32-33-34-35-36-38-40-42-44-46-48-50-57(60)66-55(54-65-67(61,62)64-52-51-58(3,4)5)53-63-56(59)49-47-45-43-41-39-37-19-17-15-13-11-9-7-2/h55H,6-54H2,1-5H3. The monoisotopic (exact) mass is 972 g/mol. The topological polar surface area (TPSA) is 111 Å². The number of hydrogen-bond acceptors (Lipinski definition) is 8. The average molecular weight is 973 g/mol. The first kappa shape index (κ1) is 66.0. The second kappa shape index (κ2) is 50.0. The largest absolute Gasteiger partial charge is 0.756 e. The Morgan fingerprint density at radius 2 is 0.672 bits per heavy atom. The second-order valence-electron chi connectivity index (χ2n) is 21.4. The summed E-state index contributed by atoms with van der Waals surface area (Å²) in [4.78, 5) is 37.7. The summed E-state index contributed by atoms with van der Waals surface area (Å²) in [6.45, 7) is 4.30. The van der Waals surface area contributed by atoms with Crippen molar-refractivity contribution in [3.05, 3.63) is 0 Å². The molecule has 0 aliphatic carbocycles. The van der Waals surface area contributed by atoms with Gasteiger partial charge in [0.25, 0.3) is 7.82 Å². The quantitative estimate of drug-likeness (QED) is 0.0256. The zero-order valence-electron chi connectivity index (χ0n) is 45.4. The fourth-order valence-corrected chi connectivity index (χ4v) is 9.57. The molecule has 0 radical (unpaired) electrons. The molecule has 2 atom stereocenters. The number of carbonyl (C=O) groups is 2. The first-order chi connectivity index (χ1) is 32.5. The molecular formula is C57H114NO8P. The van der Waals surface area contributed by atoms with Crippen LogP contribution in [0.2, 0.25) is 0 Å². The zero-order chi connectivity index (χ0) is 49.2. The van der Waals surface area contributed by atoms with Crippen LogP contribution in [-0.4, -0.2) is 70.0 Å². The number of likely N-dealkylation sites (N-methyl/N-ethyl adjacent to an activating group) is 1. The summed E-state index contributed by atoms with van der Waals surface area (Å²) in [5.41, 5.74) is 0. The number of hydrogen-bond donors (Lipinski definition) is 0. The van der Waals surface area contributed by atoms with Crippen molar-refractivity contribution < 1.29 is 42.1 Å². The van der Waals surface area contributed by atoms with Crippen molar-refractivity contribution in [3.63, 3.8) is 0 Å². The van der Waals surface area contributed by atoms with Gasteiger partial charge >= 0.3 is 11.9 Å². The molecule has 0 aliphatic rings. The van der Waals surface area contributed by atoms with Crippen molar-refractivity contribution >= 4 is 19.8 Å². The number of unbranched alkanes of at least 4 members (excludes halogenated alkanes) is 41. The van der Waals surface area contributed by atoms with E-state index in [1.54, 1.807) is 0 Å². The third-order valence-electron chi connectivity index (χ3n) is 13.4. The van der Waals surface area contributed by atoms with E-state index in [-0.39, 0.29) is 32.0 Å². The van der Waals surface area contributed by atoms with E-state index in [1.807, 2.05) is 21.1 Å². The fourth-order valence-electron chi connectivity index (χ4n) is 8.84. The van der Waals surface area contributed by atoms with Gasteiger partial charge in [0.2, 0.25) is 0 Å². The summed E-state index contributed by atoms with van der Waals surface area (Å²) < 4.78 is 34.1. The number of phosphoric acid groups is 1. The van der Waals surface area contributed by atoms with Crippen molar-refractivity contribution in [1.29, 1.82) is 0 Å². The van der Waals surface area contributed by atoms with Gasteiger partial charge in [0.1, 0.15) is 19.8 Å². The summed E-state index contributed by atoms with van der Waals surface area (Å²) in [6.07, 6.45) is 55.9. The highest BCUT2D eigenvalue weighted by Crippen LogP contribution is 2.38. The van der Waals surface area contributed by atoms with Gasteiger partial charge in [0.15, 0.2) is 6.10 Å². The highest BCUT2D eigenvalue weighted by Gasteiger charge is 2.22. The predicted octanol–water partition coefficient (Wildman–Crippen LogP) is 17.2. The van der Waals surface area contributed by atoms with E-state index >= 15 is 0 Å². The number of rotatable bonds is 55. The lowest BCUT2D eigenvalue weighted by atomic mass is 10.0. The van der Waals surface area contributed by atoms with Crippen LogP contribution in [0.5, 0.6) is 0 Å². The summed E-state index contributed by atoms with van der Waals surface area (Å²) in [7, 11) is 1.19. The molecule has 0 N–H and O–H groups in total. The molecule has 0 aliphatic heterocycles. The Labute approximate surface area is 416 Å². The summed E-state index contributed by atoms with van der Waals surface area (Å²) >= 11 is 0. The van der Waals surface area contributed by atoms with Crippen LogP contribution in [0.1, 0.15) is 303 Å². The van der Waals surface area contributed by atoms with Gasteiger partial charge in [0.05, 0.1) is 27.7 Å². The molecule has 0 aromatic heterocycles. The molecule has 0 heterocycles. The number of ether oxygens (including phenoxy) is 2. The van der Waals surface area contributed by atoms with Crippen LogP contribution in [0.15, 0.2) is 0 Å². The van der Waals surface area contributed by atoms with E-state index in [4.69, 9.17) is 18.5 Å². The van der Waals surface area contributed by atoms with E-state index in [0.29, 0.717) is 17.4 Å². The highest BCUT2D eigenvalue weighted by molar-refractivity contribution is 7.45. The van der Waals surface area contributed by atoms with Crippen LogP contribution in [0.3, 0.4) is 0 Å². The van der Waals surface area contributed by atoms with E-state index in [9.17, 15) is 19.0 Å². The average Bonchev–Trinajstić information content (AvgIpc) is 3.29. The molecule has 0 spiro atoms. The van der Waals surface area contributed by atoms with Crippen molar-refractivity contribution in [1.82, 2.24) is 0 Å². The Morgan fingerprint density at radius 3 is 0.955 bits per heavy atom. The van der Waals surface area contributed by atoms with Gasteiger partial charge in [-0.05, 0) is 12.8 Å². The Bertz CT molecular complexity index is 1100. The minimum Gasteiger partial charge on any atom is -0.756 e. The van der Waals surface area contributed by atoms with Crippen LogP contribution >= 0.6 is 7.82 Å². The number of quaternary nitrogens is 1. The van der Waals surface area contributed by atoms with Crippen LogP contribution in [-0.2, 0) is 32.7 Å². The normalized spacial score (nSPS) is 13.2. The minimum absolute atomic E-state index is 0.0253. The number of phosphoric ester groups is 1. The maximum absolute atomic E-state index is 12.8. The second-order valence-corrected chi connectivity index (χ2v) is 22.8. The van der Waals surface area contributed by atoms with Gasteiger partial charge in [0, 0.05) is 12.8 Å². The summed E-state index contributed by atoms with van der Waals surface area (Å²) in [6, 6.07) is 0. The first-order valence-electron chi connectivity index (χ1n) is 29.2. The maximum Gasteiger partial charge on any atom is 0.306 e. The number of esters is 2. The molecule has 0 amide bonds. The molecule has 0 aromatic rings. The van der Waals surface area contributed by atoms with Gasteiger partial charge in [-0.15, -0.1) is 0 Å². The number of carbonyl (C=O) groups excluding carboxylic acids is 2. The molecule has 0 bridgehead atoms. The summed E-state index contributed by atoms with van der Waals surface area (Å²) in [5.74, 6) is -0.812. The summed E-state index contributed by atoms with van der Waals surface area (Å²) in [5, 5.41) is 0. The maximum atomic E-state index is 12.8. The molecule has 67 heavy (non-hydrogen) atoms. The fraction of sp³-hybridized carbons (Fsp3) is 0.965. The van der Waals surface area contributed by atoms with Gasteiger partial charge in [-0.1, -0.05) is 277 Å². The SMILES string of the molecule is CCCCCCCCCCCCCCCCCCCCCCCCCCCCCCCCC(=O)OC(COC(=O)CCCCCCCCCCCCCCC)COP(=O)([O-])OCC[N+](C)(C)C. The lowest BCUT2D eigenvalue weighted by Gasteiger charge is -2.28. The van der Waals surface area contributed by atoms with Gasteiger partial charge in [-0.3, -0.25) is 14.2 Å². The van der Waals surface area contributed by atoms with Crippen LogP contribution < -0.4 is 4.89 Å². The molecular weight excluding hydrogens is 858 g/mol. The molecule has 2 unspecified atom stereocenters. The third kappa shape index (κ3) is 54.2. The van der Waals surface area contributed by atoms with Crippen molar-refractivity contribution in [2.24, 2.45) is 0 Å². The van der Waals surface area contributed by atoms with Crippen LogP contribution in [0.4, 0.5) is 0 Å². The predicted molar refractivity (Wildman–Crippen MR) is 282 cm³/mol. The molecule has 9 nitrogen and oxygen atoms in total. The van der Waals surface area contributed by atoms with Crippen LogP contribution in [0, 0.1) is 0 Å². The lowest BCUT2D eigenvalue weighted by Crippen LogP contribution is -2.37. The Kier molecular flexibility index (Phi) is 49.2. The van der Waals surface area contributed by atoms with E-state index in [1.165, 1.54) is 238 Å². The van der Waals surface area contributed by atoms with Crippen molar-refractivity contribution in [2.45, 2.75) is 309 Å². The van der Waals surface area contributed by atoms with E-state index in [0.717, 1.165) is 32.1 Å². The third-order valence-corrected chi connectivity index (χ3v) is 14.3. The number of nitrogens with zero attached hydrogens (tertiary/aromatic N) is 1. The molecule has 10 heteroatoms.